The Hall–Kier alpha value is -3.19. The number of carboxylic acids is 1. The van der Waals surface area contributed by atoms with Crippen LogP contribution < -0.4 is 10.6 Å². The molecule has 1 atom stereocenters. The predicted octanol–water partition coefficient (Wildman–Crippen LogP) is 2.43. The number of carboxylic acid groups (broad SMARTS) is 1. The van der Waals surface area contributed by atoms with E-state index in [-0.39, 0.29) is 24.8 Å². The highest BCUT2D eigenvalue weighted by molar-refractivity contribution is 5.96. The largest absolute Gasteiger partial charge is 0.481 e. The minimum Gasteiger partial charge on any atom is -0.481 e. The zero-order valence-corrected chi connectivity index (χ0v) is 15.0. The van der Waals surface area contributed by atoms with Gasteiger partial charge in [0.25, 0.3) is 11.8 Å². The molecular formula is C20H22N2O5. The van der Waals surface area contributed by atoms with Gasteiger partial charge >= 0.3 is 5.97 Å². The van der Waals surface area contributed by atoms with Crippen LogP contribution in [0.2, 0.25) is 0 Å². The molecule has 1 unspecified atom stereocenters. The van der Waals surface area contributed by atoms with E-state index < -0.39 is 12.1 Å². The van der Waals surface area contributed by atoms with Crippen LogP contribution in [0.3, 0.4) is 0 Å². The second kappa shape index (κ2) is 10.1. The maximum absolute atomic E-state index is 12.2. The molecule has 2 aromatic rings. The number of nitrogens with one attached hydrogen (secondary N) is 2. The second-order valence-electron chi connectivity index (χ2n) is 5.91. The molecule has 7 heteroatoms. The fraction of sp³-hybridized carbons (Fsp3) is 0.250. The summed E-state index contributed by atoms with van der Waals surface area (Å²) in [4.78, 5) is 34.5. The van der Waals surface area contributed by atoms with Crippen LogP contribution in [-0.2, 0) is 20.9 Å². The van der Waals surface area contributed by atoms with E-state index >= 15 is 0 Å². The van der Waals surface area contributed by atoms with Crippen LogP contribution in [0, 0.1) is 0 Å². The summed E-state index contributed by atoms with van der Waals surface area (Å²) in [6.45, 7) is 2.07. The van der Waals surface area contributed by atoms with Crippen LogP contribution in [0.25, 0.3) is 0 Å². The first-order valence-corrected chi connectivity index (χ1v) is 8.52. The van der Waals surface area contributed by atoms with E-state index in [1.165, 1.54) is 0 Å². The standard InChI is InChI=1S/C20H22N2O5/c1-14(27-13-15-5-3-2-4-6-15)19(25)22-17-9-7-16(8-10-17)20(26)21-12-11-18(23)24/h2-10,14H,11-13H2,1H3,(H,21,26)(H,22,25)(H,23,24). The van der Waals surface area contributed by atoms with Gasteiger partial charge < -0.3 is 20.5 Å². The summed E-state index contributed by atoms with van der Waals surface area (Å²) in [7, 11) is 0. The number of carbonyl (C=O) groups excluding carboxylic acids is 2. The van der Waals surface area contributed by atoms with Crippen LogP contribution in [0.1, 0.15) is 29.3 Å². The quantitative estimate of drug-likeness (QED) is 0.629. The van der Waals surface area contributed by atoms with Crippen LogP contribution in [0.15, 0.2) is 54.6 Å². The van der Waals surface area contributed by atoms with Crippen molar-refractivity contribution in [2.75, 3.05) is 11.9 Å². The van der Waals surface area contributed by atoms with E-state index in [1.807, 2.05) is 30.3 Å². The average Bonchev–Trinajstić information content (AvgIpc) is 2.67. The Bertz CT molecular complexity index is 775. The molecule has 142 valence electrons. The van der Waals surface area contributed by atoms with Crippen molar-refractivity contribution in [3.05, 3.63) is 65.7 Å². The number of anilines is 1. The first-order chi connectivity index (χ1) is 13.0. The topological polar surface area (TPSA) is 105 Å². The molecule has 0 saturated carbocycles. The first-order valence-electron chi connectivity index (χ1n) is 8.52. The fourth-order valence-corrected chi connectivity index (χ4v) is 2.21. The maximum Gasteiger partial charge on any atom is 0.305 e. The van der Waals surface area contributed by atoms with Crippen LogP contribution in [-0.4, -0.2) is 35.5 Å². The van der Waals surface area contributed by atoms with Gasteiger partial charge in [-0.1, -0.05) is 30.3 Å². The van der Waals surface area contributed by atoms with Crippen molar-refractivity contribution >= 4 is 23.5 Å². The lowest BCUT2D eigenvalue weighted by Gasteiger charge is -2.14. The van der Waals surface area contributed by atoms with Crippen molar-refractivity contribution in [3.8, 4) is 0 Å². The smallest absolute Gasteiger partial charge is 0.305 e. The Kier molecular flexibility index (Phi) is 7.51. The molecule has 27 heavy (non-hydrogen) atoms. The highest BCUT2D eigenvalue weighted by Gasteiger charge is 2.14. The van der Waals surface area contributed by atoms with Crippen molar-refractivity contribution in [2.45, 2.75) is 26.1 Å². The molecule has 0 saturated heterocycles. The van der Waals surface area contributed by atoms with Crippen LogP contribution >= 0.6 is 0 Å². The molecule has 0 aliphatic carbocycles. The molecule has 3 N–H and O–H groups in total. The molecule has 2 aromatic carbocycles. The number of hydrogen-bond acceptors (Lipinski definition) is 4. The SMILES string of the molecule is CC(OCc1ccccc1)C(=O)Nc1ccc(C(=O)NCCC(=O)O)cc1. The lowest BCUT2D eigenvalue weighted by Crippen LogP contribution is -2.28. The molecule has 0 aliphatic heterocycles. The summed E-state index contributed by atoms with van der Waals surface area (Å²) in [5, 5.41) is 13.8. The number of hydrogen-bond donors (Lipinski definition) is 3. The van der Waals surface area contributed by atoms with Crippen molar-refractivity contribution < 1.29 is 24.2 Å². The van der Waals surface area contributed by atoms with Gasteiger partial charge in [-0.25, -0.2) is 0 Å². The monoisotopic (exact) mass is 370 g/mol. The van der Waals surface area contributed by atoms with E-state index in [4.69, 9.17) is 9.84 Å². The molecule has 0 radical (unpaired) electrons. The molecule has 0 heterocycles. The number of benzene rings is 2. The van der Waals surface area contributed by atoms with Gasteiger partial charge in [0.15, 0.2) is 0 Å². The number of rotatable bonds is 9. The van der Waals surface area contributed by atoms with Crippen LogP contribution in [0.4, 0.5) is 5.69 Å². The summed E-state index contributed by atoms with van der Waals surface area (Å²) in [6.07, 6.45) is -0.773. The Labute approximate surface area is 157 Å². The summed E-state index contributed by atoms with van der Waals surface area (Å²) >= 11 is 0. The molecule has 7 nitrogen and oxygen atoms in total. The fourth-order valence-electron chi connectivity index (χ4n) is 2.21. The first kappa shape index (κ1) is 20.1. The minimum absolute atomic E-state index is 0.0585. The zero-order valence-electron chi connectivity index (χ0n) is 15.0. The zero-order chi connectivity index (χ0) is 19.6. The third-order valence-electron chi connectivity index (χ3n) is 3.75. The van der Waals surface area contributed by atoms with Gasteiger partial charge in [0.05, 0.1) is 13.0 Å². The van der Waals surface area contributed by atoms with E-state index in [1.54, 1.807) is 31.2 Å². The normalized spacial score (nSPS) is 11.4. The minimum atomic E-state index is -0.975. The van der Waals surface area contributed by atoms with Crippen molar-refractivity contribution in [1.29, 1.82) is 0 Å². The summed E-state index contributed by atoms with van der Waals surface area (Å²) < 4.78 is 5.56. The lowest BCUT2D eigenvalue weighted by molar-refractivity contribution is -0.136. The number of carbonyl (C=O) groups is 3. The highest BCUT2D eigenvalue weighted by atomic mass is 16.5. The molecule has 2 amide bonds. The average molecular weight is 370 g/mol. The molecule has 0 aliphatic rings. The van der Waals surface area contributed by atoms with Gasteiger partial charge in [-0.05, 0) is 36.8 Å². The Morgan fingerprint density at radius 2 is 1.70 bits per heavy atom. The van der Waals surface area contributed by atoms with Gasteiger partial charge in [-0.15, -0.1) is 0 Å². The summed E-state index contributed by atoms with van der Waals surface area (Å²) in [5.41, 5.74) is 1.90. The van der Waals surface area contributed by atoms with Crippen molar-refractivity contribution in [3.63, 3.8) is 0 Å². The molecule has 0 bridgehead atoms. The maximum atomic E-state index is 12.2. The van der Waals surface area contributed by atoms with Crippen molar-refractivity contribution in [2.24, 2.45) is 0 Å². The van der Waals surface area contributed by atoms with E-state index in [0.29, 0.717) is 17.9 Å². The Balaban J connectivity index is 1.81. The predicted molar refractivity (Wildman–Crippen MR) is 100 cm³/mol. The van der Waals surface area contributed by atoms with Crippen molar-refractivity contribution in [1.82, 2.24) is 5.32 Å². The highest BCUT2D eigenvalue weighted by Crippen LogP contribution is 2.11. The van der Waals surface area contributed by atoms with E-state index in [2.05, 4.69) is 10.6 Å². The number of amides is 2. The van der Waals surface area contributed by atoms with E-state index in [9.17, 15) is 14.4 Å². The molecule has 0 aromatic heterocycles. The Morgan fingerprint density at radius 3 is 2.33 bits per heavy atom. The lowest BCUT2D eigenvalue weighted by atomic mass is 10.2. The number of ether oxygens (including phenoxy) is 1. The van der Waals surface area contributed by atoms with Gasteiger partial charge in [0, 0.05) is 17.8 Å². The number of aliphatic carboxylic acids is 1. The second-order valence-corrected chi connectivity index (χ2v) is 5.91. The molecule has 2 rings (SSSR count). The molecule has 0 spiro atoms. The van der Waals surface area contributed by atoms with Gasteiger partial charge in [-0.3, -0.25) is 14.4 Å². The summed E-state index contributed by atoms with van der Waals surface area (Å²) in [6, 6.07) is 15.9. The van der Waals surface area contributed by atoms with Gasteiger partial charge in [0.2, 0.25) is 0 Å². The van der Waals surface area contributed by atoms with Crippen LogP contribution in [0.5, 0.6) is 0 Å². The van der Waals surface area contributed by atoms with E-state index in [0.717, 1.165) is 5.56 Å². The molecule has 0 fully saturated rings. The molecular weight excluding hydrogens is 348 g/mol. The Morgan fingerprint density at radius 1 is 1.04 bits per heavy atom. The van der Waals surface area contributed by atoms with Gasteiger partial charge in [-0.2, -0.15) is 0 Å². The summed E-state index contributed by atoms with van der Waals surface area (Å²) in [5.74, 6) is -1.63. The van der Waals surface area contributed by atoms with Gasteiger partial charge in [0.1, 0.15) is 6.10 Å². The third-order valence-corrected chi connectivity index (χ3v) is 3.75. The third kappa shape index (κ3) is 6.91.